The van der Waals surface area contributed by atoms with Crippen LogP contribution in [0, 0.1) is 0 Å². The molecule has 0 aliphatic carbocycles. The summed E-state index contributed by atoms with van der Waals surface area (Å²) in [5, 5.41) is 9.47. The molecule has 3 N–H and O–H groups in total. The summed E-state index contributed by atoms with van der Waals surface area (Å²) in [6.07, 6.45) is 0.834. The largest absolute Gasteiger partial charge is 0.508 e. The van der Waals surface area contributed by atoms with Crippen molar-refractivity contribution < 1.29 is 9.90 Å². The van der Waals surface area contributed by atoms with Crippen molar-refractivity contribution in [3.63, 3.8) is 0 Å². The van der Waals surface area contributed by atoms with E-state index in [9.17, 15) is 9.90 Å². The SMILES string of the molecule is Nc1ccc2c(c1)CN(C(=O)c1cccc(O)c1)CC2. The quantitative estimate of drug-likeness (QED) is 0.779. The van der Waals surface area contributed by atoms with Gasteiger partial charge in [-0.1, -0.05) is 12.1 Å². The van der Waals surface area contributed by atoms with Gasteiger partial charge in [-0.3, -0.25) is 4.79 Å². The van der Waals surface area contributed by atoms with Gasteiger partial charge in [-0.05, 0) is 47.9 Å². The molecule has 0 unspecified atom stereocenters. The van der Waals surface area contributed by atoms with Gasteiger partial charge in [0.2, 0.25) is 0 Å². The topological polar surface area (TPSA) is 66.6 Å². The second-order valence-corrected chi connectivity index (χ2v) is 5.06. The van der Waals surface area contributed by atoms with Crippen molar-refractivity contribution in [2.24, 2.45) is 0 Å². The maximum Gasteiger partial charge on any atom is 0.254 e. The monoisotopic (exact) mass is 268 g/mol. The minimum Gasteiger partial charge on any atom is -0.508 e. The fourth-order valence-electron chi connectivity index (χ4n) is 2.57. The summed E-state index contributed by atoms with van der Waals surface area (Å²) in [5.74, 6) is 0.0477. The van der Waals surface area contributed by atoms with E-state index in [-0.39, 0.29) is 11.7 Å². The van der Waals surface area contributed by atoms with Gasteiger partial charge < -0.3 is 15.7 Å². The Bertz CT molecular complexity index is 667. The Hall–Kier alpha value is -2.49. The number of aromatic hydroxyl groups is 1. The van der Waals surface area contributed by atoms with Crippen LogP contribution in [0.3, 0.4) is 0 Å². The molecule has 1 amide bonds. The Morgan fingerprint density at radius 1 is 1.15 bits per heavy atom. The molecule has 0 saturated carbocycles. The molecule has 0 saturated heterocycles. The summed E-state index contributed by atoms with van der Waals surface area (Å²) in [5.41, 5.74) is 9.38. The van der Waals surface area contributed by atoms with E-state index in [0.717, 1.165) is 17.7 Å². The van der Waals surface area contributed by atoms with Crippen LogP contribution in [0.25, 0.3) is 0 Å². The number of phenolic OH excluding ortho intramolecular Hbond substituents is 1. The summed E-state index contributed by atoms with van der Waals surface area (Å²) in [6.45, 7) is 1.25. The van der Waals surface area contributed by atoms with E-state index in [2.05, 4.69) is 0 Å². The average molecular weight is 268 g/mol. The lowest BCUT2D eigenvalue weighted by atomic mass is 9.98. The summed E-state index contributed by atoms with van der Waals surface area (Å²) >= 11 is 0. The molecule has 0 bridgehead atoms. The first-order valence-corrected chi connectivity index (χ1v) is 6.59. The first-order chi connectivity index (χ1) is 9.63. The van der Waals surface area contributed by atoms with Crippen molar-refractivity contribution in [2.75, 3.05) is 12.3 Å². The number of anilines is 1. The third-order valence-corrected chi connectivity index (χ3v) is 3.62. The fraction of sp³-hybridized carbons (Fsp3) is 0.188. The number of phenols is 1. The molecule has 2 aromatic rings. The number of carbonyl (C=O) groups is 1. The number of nitrogens with zero attached hydrogens (tertiary/aromatic N) is 1. The van der Waals surface area contributed by atoms with Gasteiger partial charge in [-0.25, -0.2) is 0 Å². The summed E-state index contributed by atoms with van der Waals surface area (Å²) in [7, 11) is 0. The highest BCUT2D eigenvalue weighted by molar-refractivity contribution is 5.94. The highest BCUT2D eigenvalue weighted by Gasteiger charge is 2.21. The van der Waals surface area contributed by atoms with Crippen LogP contribution < -0.4 is 5.73 Å². The van der Waals surface area contributed by atoms with Crippen LogP contribution in [0.4, 0.5) is 5.69 Å². The molecule has 102 valence electrons. The zero-order chi connectivity index (χ0) is 14.1. The molecule has 4 nitrogen and oxygen atoms in total. The molecule has 0 spiro atoms. The molecule has 0 radical (unpaired) electrons. The lowest BCUT2D eigenvalue weighted by Crippen LogP contribution is -2.35. The van der Waals surface area contributed by atoms with E-state index >= 15 is 0 Å². The number of amides is 1. The minimum atomic E-state index is -0.0611. The van der Waals surface area contributed by atoms with Crippen LogP contribution in [0.2, 0.25) is 0 Å². The van der Waals surface area contributed by atoms with E-state index in [0.29, 0.717) is 18.7 Å². The summed E-state index contributed by atoms with van der Waals surface area (Å²) < 4.78 is 0. The lowest BCUT2D eigenvalue weighted by Gasteiger charge is -2.29. The molecule has 1 aliphatic rings. The number of rotatable bonds is 1. The van der Waals surface area contributed by atoms with Crippen molar-refractivity contribution >= 4 is 11.6 Å². The van der Waals surface area contributed by atoms with Gasteiger partial charge in [-0.15, -0.1) is 0 Å². The van der Waals surface area contributed by atoms with Crippen molar-refractivity contribution in [3.05, 3.63) is 59.2 Å². The second kappa shape index (κ2) is 4.89. The fourth-order valence-corrected chi connectivity index (χ4v) is 2.57. The molecule has 3 rings (SSSR count). The van der Waals surface area contributed by atoms with Crippen molar-refractivity contribution in [1.29, 1.82) is 0 Å². The molecular weight excluding hydrogens is 252 g/mol. The van der Waals surface area contributed by atoms with Gasteiger partial charge in [0.15, 0.2) is 0 Å². The zero-order valence-electron chi connectivity index (χ0n) is 11.0. The molecule has 2 aromatic carbocycles. The van der Waals surface area contributed by atoms with Gasteiger partial charge in [0.25, 0.3) is 5.91 Å². The van der Waals surface area contributed by atoms with Crippen LogP contribution >= 0.6 is 0 Å². The standard InChI is InChI=1S/C16H16N2O2/c17-14-5-4-11-6-7-18(10-13(11)8-14)16(20)12-2-1-3-15(19)9-12/h1-5,8-9,19H,6-7,10,17H2. The Morgan fingerprint density at radius 2 is 2.00 bits per heavy atom. The van der Waals surface area contributed by atoms with Crippen LogP contribution in [-0.2, 0) is 13.0 Å². The third kappa shape index (κ3) is 2.32. The average Bonchev–Trinajstić information content (AvgIpc) is 2.45. The lowest BCUT2D eigenvalue weighted by molar-refractivity contribution is 0.0734. The zero-order valence-corrected chi connectivity index (χ0v) is 11.0. The first kappa shape index (κ1) is 12.5. The number of nitrogen functional groups attached to an aromatic ring is 1. The highest BCUT2D eigenvalue weighted by atomic mass is 16.3. The Labute approximate surface area is 117 Å². The molecule has 1 aliphatic heterocycles. The number of carbonyl (C=O) groups excluding carboxylic acids is 1. The Morgan fingerprint density at radius 3 is 2.80 bits per heavy atom. The minimum absolute atomic E-state index is 0.0611. The molecule has 20 heavy (non-hydrogen) atoms. The maximum atomic E-state index is 12.4. The van der Waals surface area contributed by atoms with Crippen LogP contribution in [0.5, 0.6) is 5.75 Å². The molecule has 4 heteroatoms. The summed E-state index contributed by atoms with van der Waals surface area (Å²) in [4.78, 5) is 14.2. The first-order valence-electron chi connectivity index (χ1n) is 6.59. The molecule has 0 atom stereocenters. The normalized spacial score (nSPS) is 13.9. The van der Waals surface area contributed by atoms with Crippen molar-refractivity contribution in [3.8, 4) is 5.75 Å². The van der Waals surface area contributed by atoms with Crippen LogP contribution in [0.15, 0.2) is 42.5 Å². The van der Waals surface area contributed by atoms with Crippen molar-refractivity contribution in [1.82, 2.24) is 4.90 Å². The molecule has 0 aromatic heterocycles. The number of benzene rings is 2. The highest BCUT2D eigenvalue weighted by Crippen LogP contribution is 2.23. The maximum absolute atomic E-state index is 12.4. The number of fused-ring (bicyclic) bond motifs is 1. The molecular formula is C16H16N2O2. The number of hydrogen-bond acceptors (Lipinski definition) is 3. The van der Waals surface area contributed by atoms with E-state index < -0.39 is 0 Å². The van der Waals surface area contributed by atoms with Crippen LogP contribution in [-0.4, -0.2) is 22.5 Å². The van der Waals surface area contributed by atoms with Gasteiger partial charge in [0.05, 0.1) is 0 Å². The number of nitrogens with two attached hydrogens (primary N) is 1. The predicted molar refractivity (Wildman–Crippen MR) is 77.4 cm³/mol. The third-order valence-electron chi connectivity index (χ3n) is 3.62. The van der Waals surface area contributed by atoms with E-state index in [1.165, 1.54) is 11.6 Å². The summed E-state index contributed by atoms with van der Waals surface area (Å²) in [6, 6.07) is 12.3. The Balaban J connectivity index is 1.84. The predicted octanol–water partition coefficient (Wildman–Crippen LogP) is 2.17. The van der Waals surface area contributed by atoms with Gasteiger partial charge in [-0.2, -0.15) is 0 Å². The smallest absolute Gasteiger partial charge is 0.254 e. The van der Waals surface area contributed by atoms with Crippen molar-refractivity contribution in [2.45, 2.75) is 13.0 Å². The molecule has 1 heterocycles. The van der Waals surface area contributed by atoms with E-state index in [1.807, 2.05) is 18.2 Å². The Kier molecular flexibility index (Phi) is 3.06. The van der Waals surface area contributed by atoms with Gasteiger partial charge in [0, 0.05) is 24.3 Å². The van der Waals surface area contributed by atoms with Gasteiger partial charge in [0.1, 0.15) is 5.75 Å². The second-order valence-electron chi connectivity index (χ2n) is 5.06. The van der Waals surface area contributed by atoms with E-state index in [4.69, 9.17) is 5.73 Å². The van der Waals surface area contributed by atoms with E-state index in [1.54, 1.807) is 23.1 Å². The van der Waals surface area contributed by atoms with Gasteiger partial charge >= 0.3 is 0 Å². The van der Waals surface area contributed by atoms with Crippen LogP contribution in [0.1, 0.15) is 21.5 Å². The molecule has 0 fully saturated rings. The number of hydrogen-bond donors (Lipinski definition) is 2.